The maximum Gasteiger partial charge on any atom is 0.269 e. The lowest BCUT2D eigenvalue weighted by Crippen LogP contribution is -2.29. The molecule has 0 radical (unpaired) electrons. The number of amides is 1. The Hall–Kier alpha value is -4.34. The van der Waals surface area contributed by atoms with Crippen LogP contribution in [-0.4, -0.2) is 36.7 Å². The third-order valence-electron chi connectivity index (χ3n) is 5.38. The van der Waals surface area contributed by atoms with Gasteiger partial charge in [0.2, 0.25) is 5.91 Å². The van der Waals surface area contributed by atoms with Gasteiger partial charge in [0, 0.05) is 18.7 Å². The lowest BCUT2D eigenvalue weighted by Gasteiger charge is -2.09. The molecule has 168 valence electrons. The molecule has 0 unspecified atom stereocenters. The van der Waals surface area contributed by atoms with Crippen LogP contribution in [0.25, 0.3) is 11.0 Å². The lowest BCUT2D eigenvalue weighted by atomic mass is 10.1. The minimum atomic E-state index is -0.482. The van der Waals surface area contributed by atoms with Gasteiger partial charge in [0.05, 0.1) is 30.6 Å². The summed E-state index contributed by atoms with van der Waals surface area (Å²) < 4.78 is 3.14. The van der Waals surface area contributed by atoms with E-state index in [1.165, 1.54) is 24.7 Å². The smallest absolute Gasteiger partial charge is 0.269 e. The molecule has 10 heteroatoms. The average Bonchev–Trinajstić information content (AvgIpc) is 3.21. The summed E-state index contributed by atoms with van der Waals surface area (Å²) in [6, 6.07) is 13.7. The highest BCUT2D eigenvalue weighted by molar-refractivity contribution is 5.78. The zero-order chi connectivity index (χ0) is 23.4. The molecule has 0 aliphatic heterocycles. The second-order valence-corrected chi connectivity index (χ2v) is 7.66. The quantitative estimate of drug-likeness (QED) is 0.327. The molecule has 2 heterocycles. The molecule has 0 saturated heterocycles. The van der Waals surface area contributed by atoms with Crippen molar-refractivity contribution in [3.63, 3.8) is 0 Å². The first-order valence-corrected chi connectivity index (χ1v) is 10.4. The predicted molar refractivity (Wildman–Crippen MR) is 122 cm³/mol. The van der Waals surface area contributed by atoms with E-state index in [0.29, 0.717) is 36.2 Å². The molecule has 0 aliphatic rings. The van der Waals surface area contributed by atoms with E-state index >= 15 is 0 Å². The van der Waals surface area contributed by atoms with Crippen LogP contribution in [-0.2, 0) is 24.3 Å². The zero-order valence-corrected chi connectivity index (χ0v) is 18.0. The summed E-state index contributed by atoms with van der Waals surface area (Å²) in [6.45, 7) is 3.08. The van der Waals surface area contributed by atoms with Gasteiger partial charge in [0.25, 0.3) is 11.2 Å². The van der Waals surface area contributed by atoms with Gasteiger partial charge in [-0.25, -0.2) is 9.67 Å². The van der Waals surface area contributed by atoms with E-state index in [1.807, 2.05) is 31.2 Å². The minimum absolute atomic E-state index is 0.0183. The number of nitro groups is 1. The number of nitrogens with zero attached hydrogens (tertiary/aromatic N) is 5. The second-order valence-electron chi connectivity index (χ2n) is 7.66. The molecule has 33 heavy (non-hydrogen) atoms. The molecule has 1 amide bonds. The van der Waals surface area contributed by atoms with Gasteiger partial charge in [-0.05, 0) is 23.6 Å². The molecule has 0 bridgehead atoms. The van der Waals surface area contributed by atoms with Gasteiger partial charge in [-0.3, -0.25) is 24.3 Å². The molecule has 0 atom stereocenters. The SMILES string of the molecule is Cc1ccccc1Cn1cnc2c(cnn2CCNC(=O)Cc2ccc([N+](=O)[O-])cc2)c1=O. The third-order valence-corrected chi connectivity index (χ3v) is 5.38. The van der Waals surface area contributed by atoms with Crippen molar-refractivity contribution in [2.75, 3.05) is 6.54 Å². The lowest BCUT2D eigenvalue weighted by molar-refractivity contribution is -0.384. The Balaban J connectivity index is 1.37. The summed E-state index contributed by atoms with van der Waals surface area (Å²) in [5, 5.41) is 18.2. The van der Waals surface area contributed by atoms with Crippen molar-refractivity contribution in [2.45, 2.75) is 26.4 Å². The van der Waals surface area contributed by atoms with Crippen molar-refractivity contribution in [1.29, 1.82) is 0 Å². The van der Waals surface area contributed by atoms with E-state index < -0.39 is 4.92 Å². The standard InChI is InChI=1S/C23H22N6O4/c1-16-4-2-3-5-18(16)14-27-15-25-22-20(23(27)31)13-26-28(22)11-10-24-21(30)12-17-6-8-19(9-7-17)29(32)33/h2-9,13,15H,10-12,14H2,1H3,(H,24,30). The fourth-order valence-electron chi connectivity index (χ4n) is 3.53. The number of nitrogens with one attached hydrogen (secondary N) is 1. The van der Waals surface area contributed by atoms with Crippen LogP contribution in [0.5, 0.6) is 0 Å². The number of carbonyl (C=O) groups excluding carboxylic acids is 1. The largest absolute Gasteiger partial charge is 0.354 e. The second kappa shape index (κ2) is 9.43. The molecule has 0 aliphatic carbocycles. The van der Waals surface area contributed by atoms with Crippen LogP contribution >= 0.6 is 0 Å². The van der Waals surface area contributed by atoms with Gasteiger partial charge in [-0.2, -0.15) is 5.10 Å². The molecule has 2 aromatic heterocycles. The summed E-state index contributed by atoms with van der Waals surface area (Å²) in [6.07, 6.45) is 3.12. The topological polar surface area (TPSA) is 125 Å². The van der Waals surface area contributed by atoms with Crippen molar-refractivity contribution in [3.05, 3.63) is 98.2 Å². The maximum atomic E-state index is 12.9. The van der Waals surface area contributed by atoms with E-state index in [-0.39, 0.29) is 23.6 Å². The van der Waals surface area contributed by atoms with Gasteiger partial charge in [-0.15, -0.1) is 0 Å². The Morgan fingerprint density at radius 1 is 1.15 bits per heavy atom. The fraction of sp³-hybridized carbons (Fsp3) is 0.217. The first-order chi connectivity index (χ1) is 15.9. The number of fused-ring (bicyclic) bond motifs is 1. The Kier molecular flexibility index (Phi) is 6.25. The van der Waals surface area contributed by atoms with Crippen LogP contribution in [0, 0.1) is 17.0 Å². The highest BCUT2D eigenvalue weighted by Gasteiger charge is 2.12. The van der Waals surface area contributed by atoms with E-state index in [0.717, 1.165) is 11.1 Å². The first-order valence-electron chi connectivity index (χ1n) is 10.4. The van der Waals surface area contributed by atoms with Gasteiger partial charge < -0.3 is 5.32 Å². The zero-order valence-electron chi connectivity index (χ0n) is 18.0. The number of hydrogen-bond acceptors (Lipinski definition) is 6. The number of nitro benzene ring substituents is 1. The van der Waals surface area contributed by atoms with Crippen molar-refractivity contribution in [3.8, 4) is 0 Å². The summed E-state index contributed by atoms with van der Waals surface area (Å²) in [5.41, 5.74) is 3.10. The molecular formula is C23H22N6O4. The van der Waals surface area contributed by atoms with Gasteiger partial charge >= 0.3 is 0 Å². The van der Waals surface area contributed by atoms with Crippen LogP contribution in [0.4, 0.5) is 5.69 Å². The van der Waals surface area contributed by atoms with Crippen LogP contribution in [0.3, 0.4) is 0 Å². The highest BCUT2D eigenvalue weighted by Crippen LogP contribution is 2.12. The number of non-ortho nitro benzene ring substituents is 1. The van der Waals surface area contributed by atoms with E-state index in [1.54, 1.807) is 21.4 Å². The number of rotatable bonds is 8. The van der Waals surface area contributed by atoms with Crippen LogP contribution in [0.1, 0.15) is 16.7 Å². The Labute approximate surface area is 188 Å². The van der Waals surface area contributed by atoms with Crippen LogP contribution in [0.15, 0.2) is 65.8 Å². The molecule has 0 spiro atoms. The number of aromatic nitrogens is 4. The number of aryl methyl sites for hydroxylation is 1. The van der Waals surface area contributed by atoms with Crippen LogP contribution < -0.4 is 10.9 Å². The Bertz CT molecular complexity index is 1370. The number of carbonyl (C=O) groups is 1. The van der Waals surface area contributed by atoms with E-state index in [4.69, 9.17) is 0 Å². The molecule has 4 aromatic rings. The van der Waals surface area contributed by atoms with Gasteiger partial charge in [-0.1, -0.05) is 36.4 Å². The highest BCUT2D eigenvalue weighted by atomic mass is 16.6. The molecule has 2 aromatic carbocycles. The molecule has 0 fully saturated rings. The average molecular weight is 446 g/mol. The normalized spacial score (nSPS) is 10.9. The van der Waals surface area contributed by atoms with Gasteiger partial charge in [0.15, 0.2) is 5.65 Å². The van der Waals surface area contributed by atoms with Crippen molar-refractivity contribution in [2.24, 2.45) is 0 Å². The molecule has 10 nitrogen and oxygen atoms in total. The molecule has 0 saturated carbocycles. The molecular weight excluding hydrogens is 424 g/mol. The summed E-state index contributed by atoms with van der Waals surface area (Å²) in [5.74, 6) is -0.214. The van der Waals surface area contributed by atoms with E-state index in [2.05, 4.69) is 15.4 Å². The molecule has 1 N–H and O–H groups in total. The molecule has 4 rings (SSSR count). The van der Waals surface area contributed by atoms with Crippen molar-refractivity contribution in [1.82, 2.24) is 24.6 Å². The minimum Gasteiger partial charge on any atom is -0.354 e. The van der Waals surface area contributed by atoms with E-state index in [9.17, 15) is 19.7 Å². The predicted octanol–water partition coefficient (Wildman–Crippen LogP) is 2.22. The Morgan fingerprint density at radius 3 is 2.64 bits per heavy atom. The fourth-order valence-corrected chi connectivity index (χ4v) is 3.53. The monoisotopic (exact) mass is 446 g/mol. The van der Waals surface area contributed by atoms with Gasteiger partial charge in [0.1, 0.15) is 11.7 Å². The summed E-state index contributed by atoms with van der Waals surface area (Å²) in [4.78, 5) is 39.7. The first kappa shape index (κ1) is 21.9. The number of hydrogen-bond donors (Lipinski definition) is 1. The third kappa shape index (κ3) is 4.95. The van der Waals surface area contributed by atoms with Crippen LogP contribution in [0.2, 0.25) is 0 Å². The van der Waals surface area contributed by atoms with Crippen molar-refractivity contribution < 1.29 is 9.72 Å². The maximum absolute atomic E-state index is 12.9. The van der Waals surface area contributed by atoms with Crippen molar-refractivity contribution >= 4 is 22.6 Å². The summed E-state index contributed by atoms with van der Waals surface area (Å²) in [7, 11) is 0. The summed E-state index contributed by atoms with van der Waals surface area (Å²) >= 11 is 0. The Morgan fingerprint density at radius 2 is 1.91 bits per heavy atom. The number of benzene rings is 2.